The minimum Gasteiger partial charge on any atom is -0.491 e. The molecular weight excluding hydrogens is 228 g/mol. The van der Waals surface area contributed by atoms with Gasteiger partial charge in [0.25, 0.3) is 0 Å². The first-order chi connectivity index (χ1) is 8.24. The van der Waals surface area contributed by atoms with Crippen LogP contribution in [0.5, 0.6) is 5.75 Å². The lowest BCUT2D eigenvalue weighted by molar-refractivity contribution is -0.138. The minimum absolute atomic E-state index is 0.0752. The molecule has 0 aliphatic heterocycles. The molecule has 0 aromatic heterocycles. The maximum absolute atomic E-state index is 11.0. The highest BCUT2D eigenvalue weighted by atomic mass is 16.5. The molecule has 3 nitrogen and oxygen atoms in total. The van der Waals surface area contributed by atoms with E-state index in [0.29, 0.717) is 0 Å². The van der Waals surface area contributed by atoms with Crippen molar-refractivity contribution in [2.24, 2.45) is 0 Å². The van der Waals surface area contributed by atoms with E-state index in [1.165, 1.54) is 0 Å². The van der Waals surface area contributed by atoms with Gasteiger partial charge in [-0.1, -0.05) is 26.0 Å². The predicted octanol–water partition coefficient (Wildman–Crippen LogP) is 3.53. The molecule has 1 aromatic rings. The summed E-state index contributed by atoms with van der Waals surface area (Å²) in [6, 6.07) is 5.84. The Labute approximate surface area is 109 Å². The fourth-order valence-corrected chi connectivity index (χ4v) is 2.33. The van der Waals surface area contributed by atoms with Crippen LogP contribution in [0.3, 0.4) is 0 Å². The molecule has 1 rings (SSSR count). The van der Waals surface area contributed by atoms with E-state index in [0.717, 1.165) is 16.9 Å². The van der Waals surface area contributed by atoms with E-state index >= 15 is 0 Å². The van der Waals surface area contributed by atoms with Gasteiger partial charge < -0.3 is 9.84 Å². The second-order valence-corrected chi connectivity index (χ2v) is 5.57. The van der Waals surface area contributed by atoms with Gasteiger partial charge in [-0.2, -0.15) is 0 Å². The smallest absolute Gasteiger partial charge is 0.304 e. The highest BCUT2D eigenvalue weighted by Gasteiger charge is 2.29. The summed E-state index contributed by atoms with van der Waals surface area (Å²) in [5, 5.41) is 9.03. The van der Waals surface area contributed by atoms with E-state index in [2.05, 4.69) is 0 Å². The summed E-state index contributed by atoms with van der Waals surface area (Å²) in [4.78, 5) is 11.0. The van der Waals surface area contributed by atoms with Crippen molar-refractivity contribution < 1.29 is 14.6 Å². The molecule has 0 spiro atoms. The zero-order chi connectivity index (χ0) is 13.9. The molecule has 0 saturated carbocycles. The van der Waals surface area contributed by atoms with E-state index < -0.39 is 11.4 Å². The van der Waals surface area contributed by atoms with Crippen LogP contribution in [-0.2, 0) is 10.2 Å². The van der Waals surface area contributed by atoms with Gasteiger partial charge in [-0.25, -0.2) is 0 Å². The summed E-state index contributed by atoms with van der Waals surface area (Å²) in [7, 11) is 0. The Morgan fingerprint density at radius 1 is 1.39 bits per heavy atom. The third-order valence-corrected chi connectivity index (χ3v) is 2.87. The van der Waals surface area contributed by atoms with Crippen LogP contribution in [0.25, 0.3) is 0 Å². The molecule has 0 fully saturated rings. The number of carboxylic acid groups (broad SMARTS) is 1. The van der Waals surface area contributed by atoms with Gasteiger partial charge in [-0.3, -0.25) is 4.79 Å². The van der Waals surface area contributed by atoms with Gasteiger partial charge in [-0.05, 0) is 32.4 Å². The van der Waals surface area contributed by atoms with Crippen molar-refractivity contribution in [1.82, 2.24) is 0 Å². The molecule has 1 aromatic carbocycles. The molecule has 0 bridgehead atoms. The second-order valence-electron chi connectivity index (χ2n) is 5.57. The number of ether oxygens (including phenoxy) is 1. The van der Waals surface area contributed by atoms with Crippen molar-refractivity contribution in [2.75, 3.05) is 0 Å². The Bertz CT molecular complexity index is 433. The van der Waals surface area contributed by atoms with Crippen molar-refractivity contribution in [3.63, 3.8) is 0 Å². The number of aryl methyl sites for hydroxylation is 1. The molecule has 3 heteroatoms. The lowest BCUT2D eigenvalue weighted by Crippen LogP contribution is -2.24. The molecule has 0 radical (unpaired) electrons. The van der Waals surface area contributed by atoms with Gasteiger partial charge in [0.1, 0.15) is 5.75 Å². The van der Waals surface area contributed by atoms with E-state index in [1.54, 1.807) is 0 Å². The molecule has 0 heterocycles. The molecule has 100 valence electrons. The monoisotopic (exact) mass is 250 g/mol. The van der Waals surface area contributed by atoms with E-state index in [1.807, 2.05) is 52.8 Å². The van der Waals surface area contributed by atoms with Gasteiger partial charge in [0.2, 0.25) is 0 Å². The number of hydrogen-bond donors (Lipinski definition) is 1. The molecule has 0 aliphatic rings. The fourth-order valence-electron chi connectivity index (χ4n) is 2.33. The van der Waals surface area contributed by atoms with E-state index in [9.17, 15) is 4.79 Å². The number of carbonyl (C=O) groups is 1. The van der Waals surface area contributed by atoms with Gasteiger partial charge in [-0.15, -0.1) is 0 Å². The van der Waals surface area contributed by atoms with Crippen LogP contribution >= 0.6 is 0 Å². The lowest BCUT2D eigenvalue weighted by atomic mass is 9.78. The first-order valence-electron chi connectivity index (χ1n) is 6.22. The van der Waals surface area contributed by atoms with Crippen molar-refractivity contribution in [2.45, 2.75) is 52.6 Å². The number of benzene rings is 1. The topological polar surface area (TPSA) is 46.5 Å². The number of carboxylic acids is 1. The average Bonchev–Trinajstić information content (AvgIpc) is 2.13. The zero-order valence-electron chi connectivity index (χ0n) is 11.8. The predicted molar refractivity (Wildman–Crippen MR) is 72.2 cm³/mol. The van der Waals surface area contributed by atoms with E-state index in [4.69, 9.17) is 9.84 Å². The molecule has 0 amide bonds. The molecule has 0 aliphatic carbocycles. The first kappa shape index (κ1) is 14.6. The number of aliphatic carboxylic acids is 1. The Kier molecular flexibility index (Phi) is 4.38. The standard InChI is InChI=1S/C15H22O3/c1-10(2)18-12-8-6-7-11(3)14(12)15(4,5)9-13(16)17/h6-8,10H,9H2,1-5H3,(H,16,17). The quantitative estimate of drug-likeness (QED) is 0.869. The van der Waals surface area contributed by atoms with Crippen LogP contribution in [0.2, 0.25) is 0 Å². The van der Waals surface area contributed by atoms with Gasteiger partial charge in [0.15, 0.2) is 0 Å². The molecular formula is C15H22O3. The van der Waals surface area contributed by atoms with Crippen molar-refractivity contribution in [3.05, 3.63) is 29.3 Å². The third kappa shape index (κ3) is 3.49. The second kappa shape index (κ2) is 5.42. The van der Waals surface area contributed by atoms with Crippen LogP contribution in [0, 0.1) is 6.92 Å². The fraction of sp³-hybridized carbons (Fsp3) is 0.533. The number of hydrogen-bond acceptors (Lipinski definition) is 2. The van der Waals surface area contributed by atoms with Gasteiger partial charge in [0.05, 0.1) is 12.5 Å². The average molecular weight is 250 g/mol. The highest BCUT2D eigenvalue weighted by molar-refractivity contribution is 5.69. The number of rotatable bonds is 5. The SMILES string of the molecule is Cc1cccc(OC(C)C)c1C(C)(C)CC(=O)O. The van der Waals surface area contributed by atoms with Crippen molar-refractivity contribution in [1.29, 1.82) is 0 Å². The molecule has 0 atom stereocenters. The molecule has 0 saturated heterocycles. The molecule has 0 unspecified atom stereocenters. The summed E-state index contributed by atoms with van der Waals surface area (Å²) in [6.45, 7) is 9.81. The summed E-state index contributed by atoms with van der Waals surface area (Å²) in [6.07, 6.45) is 0.165. The van der Waals surface area contributed by atoms with Crippen LogP contribution in [0.15, 0.2) is 18.2 Å². The first-order valence-corrected chi connectivity index (χ1v) is 6.22. The summed E-state index contributed by atoms with van der Waals surface area (Å²) in [5.41, 5.74) is 1.61. The Hall–Kier alpha value is -1.51. The maximum Gasteiger partial charge on any atom is 0.304 e. The van der Waals surface area contributed by atoms with Crippen molar-refractivity contribution in [3.8, 4) is 5.75 Å². The van der Waals surface area contributed by atoms with Gasteiger partial charge in [0, 0.05) is 11.0 Å². The Morgan fingerprint density at radius 3 is 2.50 bits per heavy atom. The van der Waals surface area contributed by atoms with Crippen LogP contribution < -0.4 is 4.74 Å². The maximum atomic E-state index is 11.0. The highest BCUT2D eigenvalue weighted by Crippen LogP contribution is 2.37. The van der Waals surface area contributed by atoms with Gasteiger partial charge >= 0.3 is 5.97 Å². The summed E-state index contributed by atoms with van der Waals surface area (Å²) >= 11 is 0. The zero-order valence-corrected chi connectivity index (χ0v) is 11.8. The minimum atomic E-state index is -0.793. The van der Waals surface area contributed by atoms with E-state index in [-0.39, 0.29) is 12.5 Å². The molecule has 18 heavy (non-hydrogen) atoms. The Morgan fingerprint density at radius 2 is 2.00 bits per heavy atom. The van der Waals surface area contributed by atoms with Crippen molar-refractivity contribution >= 4 is 5.97 Å². The van der Waals surface area contributed by atoms with Crippen LogP contribution in [0.1, 0.15) is 45.2 Å². The third-order valence-electron chi connectivity index (χ3n) is 2.87. The molecule has 1 N–H and O–H groups in total. The summed E-state index contributed by atoms with van der Waals surface area (Å²) in [5.74, 6) is -0.00463. The summed E-state index contributed by atoms with van der Waals surface area (Å²) < 4.78 is 5.80. The lowest BCUT2D eigenvalue weighted by Gasteiger charge is -2.28. The Balaban J connectivity index is 3.24. The van der Waals surface area contributed by atoms with Crippen LogP contribution in [-0.4, -0.2) is 17.2 Å². The normalized spacial score (nSPS) is 11.7. The van der Waals surface area contributed by atoms with Crippen LogP contribution in [0.4, 0.5) is 0 Å². The largest absolute Gasteiger partial charge is 0.491 e.